The van der Waals surface area contributed by atoms with Crippen LogP contribution in [-0.4, -0.2) is 64.2 Å². The van der Waals surface area contributed by atoms with E-state index >= 15 is 0 Å². The van der Waals surface area contributed by atoms with Gasteiger partial charge in [-0.05, 0) is 57.0 Å². The third-order valence-corrected chi connectivity index (χ3v) is 6.78. The molecule has 0 spiro atoms. The van der Waals surface area contributed by atoms with Crippen LogP contribution in [0.2, 0.25) is 0 Å². The third-order valence-electron chi connectivity index (χ3n) is 6.78. The smallest absolute Gasteiger partial charge is 0.264 e. The van der Waals surface area contributed by atoms with Gasteiger partial charge in [-0.1, -0.05) is 18.2 Å². The molecule has 2 aliphatic rings. The van der Waals surface area contributed by atoms with Crippen LogP contribution in [0.4, 0.5) is 0 Å². The molecule has 172 valence electrons. The number of nitrogens with zero attached hydrogens (tertiary/aromatic N) is 2. The maximum atomic E-state index is 13.1. The molecule has 4 rings (SSSR count). The number of carbonyl (C=O) groups excluding carboxylic acids is 2. The average Bonchev–Trinajstić information content (AvgIpc) is 2.99. The molecule has 1 aromatic heterocycles. The van der Waals surface area contributed by atoms with Crippen LogP contribution in [0.15, 0.2) is 35.1 Å². The number of pyridine rings is 1. The average molecular weight is 441 g/mol. The number of fused-ring (bicyclic) bond motifs is 3. The Morgan fingerprint density at radius 2 is 1.91 bits per heavy atom. The van der Waals surface area contributed by atoms with Crippen molar-refractivity contribution < 1.29 is 14.7 Å². The molecule has 2 fully saturated rings. The topological polar surface area (TPSA) is 104 Å². The molecule has 0 aliphatic carbocycles. The standard InChI is InChI=1S/C24H32N4O4/c1-15(2)28-22-6-4-3-5-16(22)9-21(24(28)32)23(31)26-17-10-18-7-8-19(11-17)27(18)13-20(30)12-25-14-29/h3-6,9,14-15,17-20,30H,7-8,10-13H2,1-2H3,(H,25,29)(H,26,31)/t17?,18-,19+,20?. The van der Waals surface area contributed by atoms with Crippen molar-refractivity contribution in [3.05, 3.63) is 46.2 Å². The van der Waals surface area contributed by atoms with Crippen molar-refractivity contribution in [2.24, 2.45) is 0 Å². The zero-order valence-electron chi connectivity index (χ0n) is 18.7. The highest BCUT2D eigenvalue weighted by Gasteiger charge is 2.41. The van der Waals surface area contributed by atoms with Gasteiger partial charge in [-0.15, -0.1) is 0 Å². The number of aliphatic hydroxyl groups excluding tert-OH is 1. The molecule has 2 aliphatic heterocycles. The van der Waals surface area contributed by atoms with E-state index in [1.807, 2.05) is 38.1 Å². The first-order chi connectivity index (χ1) is 15.4. The van der Waals surface area contributed by atoms with Gasteiger partial charge in [0.25, 0.3) is 11.5 Å². The fourth-order valence-electron chi connectivity index (χ4n) is 5.41. The van der Waals surface area contributed by atoms with Crippen LogP contribution in [0, 0.1) is 0 Å². The van der Waals surface area contributed by atoms with E-state index in [9.17, 15) is 19.5 Å². The number of aliphatic hydroxyl groups is 1. The van der Waals surface area contributed by atoms with E-state index in [4.69, 9.17) is 0 Å². The lowest BCUT2D eigenvalue weighted by molar-refractivity contribution is -0.110. The molecule has 2 amide bonds. The van der Waals surface area contributed by atoms with Gasteiger partial charge in [0.2, 0.25) is 6.41 Å². The lowest BCUT2D eigenvalue weighted by Crippen LogP contribution is -2.53. The van der Waals surface area contributed by atoms with Crippen LogP contribution >= 0.6 is 0 Å². The fraction of sp³-hybridized carbons (Fsp3) is 0.542. The first kappa shape index (κ1) is 22.5. The van der Waals surface area contributed by atoms with E-state index in [0.29, 0.717) is 13.0 Å². The van der Waals surface area contributed by atoms with E-state index in [-0.39, 0.29) is 47.7 Å². The zero-order chi connectivity index (χ0) is 22.8. The summed E-state index contributed by atoms with van der Waals surface area (Å²) in [6, 6.07) is 9.86. The third kappa shape index (κ3) is 4.42. The largest absolute Gasteiger partial charge is 0.390 e. The predicted octanol–water partition coefficient (Wildman–Crippen LogP) is 1.41. The predicted molar refractivity (Wildman–Crippen MR) is 123 cm³/mol. The quantitative estimate of drug-likeness (QED) is 0.539. The number of piperidine rings is 1. The molecule has 2 unspecified atom stereocenters. The number of amides is 2. The van der Waals surface area contributed by atoms with Crippen LogP contribution in [0.5, 0.6) is 0 Å². The minimum atomic E-state index is -0.610. The molecule has 2 aromatic rings. The summed E-state index contributed by atoms with van der Waals surface area (Å²) in [6.45, 7) is 4.65. The number of carbonyl (C=O) groups is 2. The minimum Gasteiger partial charge on any atom is -0.390 e. The van der Waals surface area contributed by atoms with E-state index < -0.39 is 6.10 Å². The molecule has 8 heteroatoms. The highest BCUT2D eigenvalue weighted by Crippen LogP contribution is 2.35. The Morgan fingerprint density at radius 3 is 2.56 bits per heavy atom. The molecule has 4 atom stereocenters. The van der Waals surface area contributed by atoms with Gasteiger partial charge in [0.15, 0.2) is 0 Å². The number of hydrogen-bond donors (Lipinski definition) is 3. The van der Waals surface area contributed by atoms with Crippen molar-refractivity contribution in [2.45, 2.75) is 69.8 Å². The van der Waals surface area contributed by atoms with E-state index in [2.05, 4.69) is 15.5 Å². The SMILES string of the molecule is CC(C)n1c(=O)c(C(=O)NC2C[C@H]3CC[C@@H](C2)N3CC(O)CNC=O)cc2ccccc21. The molecule has 3 heterocycles. The fourth-order valence-corrected chi connectivity index (χ4v) is 5.41. The van der Waals surface area contributed by atoms with Crippen LogP contribution < -0.4 is 16.2 Å². The summed E-state index contributed by atoms with van der Waals surface area (Å²) >= 11 is 0. The van der Waals surface area contributed by atoms with E-state index in [0.717, 1.165) is 36.6 Å². The second kappa shape index (κ2) is 9.42. The summed E-state index contributed by atoms with van der Waals surface area (Å²) in [5, 5.41) is 16.7. The molecule has 32 heavy (non-hydrogen) atoms. The van der Waals surface area contributed by atoms with Gasteiger partial charge in [-0.25, -0.2) is 0 Å². The monoisotopic (exact) mass is 440 g/mol. The van der Waals surface area contributed by atoms with Crippen molar-refractivity contribution in [1.82, 2.24) is 20.1 Å². The molecule has 2 saturated heterocycles. The number of rotatable bonds is 8. The van der Waals surface area contributed by atoms with Crippen LogP contribution in [-0.2, 0) is 4.79 Å². The normalized spacial score (nSPS) is 23.9. The summed E-state index contributed by atoms with van der Waals surface area (Å²) in [5.74, 6) is -0.316. The molecular weight excluding hydrogens is 408 g/mol. The first-order valence-corrected chi connectivity index (χ1v) is 11.4. The van der Waals surface area contributed by atoms with Crippen molar-refractivity contribution in [3.63, 3.8) is 0 Å². The minimum absolute atomic E-state index is 0.000127. The molecule has 8 nitrogen and oxygen atoms in total. The Hall–Kier alpha value is -2.71. The maximum Gasteiger partial charge on any atom is 0.264 e. The Labute approximate surface area is 187 Å². The highest BCUT2D eigenvalue weighted by atomic mass is 16.3. The van der Waals surface area contributed by atoms with Crippen molar-refractivity contribution in [1.29, 1.82) is 0 Å². The summed E-state index contributed by atoms with van der Waals surface area (Å²) < 4.78 is 1.69. The zero-order valence-corrected chi connectivity index (χ0v) is 18.7. The van der Waals surface area contributed by atoms with Gasteiger partial charge in [0.1, 0.15) is 5.56 Å². The number of aromatic nitrogens is 1. The first-order valence-electron chi connectivity index (χ1n) is 11.4. The van der Waals surface area contributed by atoms with Gasteiger partial charge in [-0.3, -0.25) is 19.3 Å². The summed E-state index contributed by atoms with van der Waals surface area (Å²) in [6.07, 6.45) is 3.63. The van der Waals surface area contributed by atoms with Crippen molar-refractivity contribution in [3.8, 4) is 0 Å². The van der Waals surface area contributed by atoms with Crippen LogP contribution in [0.3, 0.4) is 0 Å². The summed E-state index contributed by atoms with van der Waals surface area (Å²) in [7, 11) is 0. The van der Waals surface area contributed by atoms with Gasteiger partial charge < -0.3 is 20.3 Å². The molecule has 0 saturated carbocycles. The Kier molecular flexibility index (Phi) is 6.62. The maximum absolute atomic E-state index is 13.1. The molecular formula is C24H32N4O4. The van der Waals surface area contributed by atoms with Gasteiger partial charge in [-0.2, -0.15) is 0 Å². The number of benzene rings is 1. The highest BCUT2D eigenvalue weighted by molar-refractivity contribution is 5.97. The Morgan fingerprint density at radius 1 is 1.22 bits per heavy atom. The molecule has 1 aromatic carbocycles. The Bertz CT molecular complexity index is 1040. The molecule has 3 N–H and O–H groups in total. The number of nitrogens with one attached hydrogen (secondary N) is 2. The van der Waals surface area contributed by atoms with Crippen molar-refractivity contribution >= 4 is 23.2 Å². The second-order valence-electron chi connectivity index (χ2n) is 9.29. The molecule has 2 bridgehead atoms. The van der Waals surface area contributed by atoms with E-state index in [1.165, 1.54) is 0 Å². The van der Waals surface area contributed by atoms with Crippen molar-refractivity contribution in [2.75, 3.05) is 13.1 Å². The lowest BCUT2D eigenvalue weighted by Gasteiger charge is -2.40. The number of para-hydroxylation sites is 1. The van der Waals surface area contributed by atoms with Crippen LogP contribution in [0.1, 0.15) is 55.9 Å². The van der Waals surface area contributed by atoms with Gasteiger partial charge in [0.05, 0.1) is 11.6 Å². The lowest BCUT2D eigenvalue weighted by atomic mass is 9.96. The van der Waals surface area contributed by atoms with Gasteiger partial charge in [0, 0.05) is 37.3 Å². The molecule has 0 radical (unpaired) electrons. The summed E-state index contributed by atoms with van der Waals surface area (Å²) in [4.78, 5) is 39.1. The Balaban J connectivity index is 1.48. The van der Waals surface area contributed by atoms with E-state index in [1.54, 1.807) is 10.6 Å². The second-order valence-corrected chi connectivity index (χ2v) is 9.29. The summed E-state index contributed by atoms with van der Waals surface area (Å²) in [5.41, 5.74) is 0.753. The van der Waals surface area contributed by atoms with Gasteiger partial charge >= 0.3 is 0 Å². The number of hydrogen-bond acceptors (Lipinski definition) is 5. The van der Waals surface area contributed by atoms with Crippen LogP contribution in [0.25, 0.3) is 10.9 Å².